The van der Waals surface area contributed by atoms with E-state index >= 15 is 0 Å². The fraction of sp³-hybridized carbons (Fsp3) is 0.769. The van der Waals surface area contributed by atoms with Gasteiger partial charge in [-0.15, -0.1) is 11.3 Å². The molecule has 1 N–H and O–H groups in total. The highest BCUT2D eigenvalue weighted by molar-refractivity contribution is 7.09. The summed E-state index contributed by atoms with van der Waals surface area (Å²) in [4.78, 5) is 7.25. The summed E-state index contributed by atoms with van der Waals surface area (Å²) in [5.41, 5.74) is 1.18. The van der Waals surface area contributed by atoms with Gasteiger partial charge in [0.05, 0.1) is 10.7 Å². The molecule has 1 aliphatic rings. The SMILES string of the molecule is CNCc1csc(CCN2CCCCC2C)n1. The summed E-state index contributed by atoms with van der Waals surface area (Å²) < 4.78 is 0. The average molecular weight is 253 g/mol. The van der Waals surface area contributed by atoms with Gasteiger partial charge < -0.3 is 10.2 Å². The Kier molecular flexibility index (Phi) is 4.95. The third-order valence-corrected chi connectivity index (χ3v) is 4.47. The lowest BCUT2D eigenvalue weighted by molar-refractivity contribution is 0.163. The molecule has 2 rings (SSSR count). The summed E-state index contributed by atoms with van der Waals surface area (Å²) in [5.74, 6) is 0. The van der Waals surface area contributed by atoms with Gasteiger partial charge in [-0.25, -0.2) is 4.98 Å². The Balaban J connectivity index is 1.79. The highest BCUT2D eigenvalue weighted by Gasteiger charge is 2.17. The van der Waals surface area contributed by atoms with Gasteiger partial charge in [0.2, 0.25) is 0 Å². The topological polar surface area (TPSA) is 28.2 Å². The zero-order valence-corrected chi connectivity index (χ0v) is 11.7. The predicted molar refractivity (Wildman–Crippen MR) is 73.5 cm³/mol. The molecule has 0 radical (unpaired) electrons. The summed E-state index contributed by atoms with van der Waals surface area (Å²) in [6.07, 6.45) is 5.25. The van der Waals surface area contributed by atoms with Gasteiger partial charge in [-0.05, 0) is 33.4 Å². The van der Waals surface area contributed by atoms with E-state index in [1.54, 1.807) is 11.3 Å². The fourth-order valence-corrected chi connectivity index (χ4v) is 3.24. The van der Waals surface area contributed by atoms with Crippen LogP contribution in [0.4, 0.5) is 0 Å². The Morgan fingerprint density at radius 2 is 2.41 bits per heavy atom. The zero-order chi connectivity index (χ0) is 12.1. The summed E-state index contributed by atoms with van der Waals surface area (Å²) in [6, 6.07) is 0.764. The predicted octanol–water partition coefficient (Wildman–Crippen LogP) is 2.28. The zero-order valence-electron chi connectivity index (χ0n) is 10.9. The number of likely N-dealkylation sites (tertiary alicyclic amines) is 1. The van der Waals surface area contributed by atoms with E-state index in [0.29, 0.717) is 0 Å². The van der Waals surface area contributed by atoms with Crippen LogP contribution < -0.4 is 5.32 Å². The molecule has 2 heterocycles. The van der Waals surface area contributed by atoms with Crippen molar-refractivity contribution in [2.75, 3.05) is 20.1 Å². The molecular weight excluding hydrogens is 230 g/mol. The van der Waals surface area contributed by atoms with E-state index in [0.717, 1.165) is 19.0 Å². The van der Waals surface area contributed by atoms with Gasteiger partial charge in [0, 0.05) is 30.9 Å². The third-order valence-electron chi connectivity index (χ3n) is 3.51. The van der Waals surface area contributed by atoms with Crippen molar-refractivity contribution in [3.05, 3.63) is 16.1 Å². The van der Waals surface area contributed by atoms with Crippen LogP contribution in [-0.2, 0) is 13.0 Å². The number of piperidine rings is 1. The molecule has 0 aliphatic carbocycles. The number of nitrogens with one attached hydrogen (secondary N) is 1. The highest BCUT2D eigenvalue weighted by Crippen LogP contribution is 2.17. The molecule has 0 saturated carbocycles. The molecule has 1 saturated heterocycles. The number of rotatable bonds is 5. The van der Waals surface area contributed by atoms with Crippen molar-refractivity contribution in [3.63, 3.8) is 0 Å². The summed E-state index contributed by atoms with van der Waals surface area (Å²) in [7, 11) is 1.97. The van der Waals surface area contributed by atoms with Crippen molar-refractivity contribution in [2.24, 2.45) is 0 Å². The van der Waals surface area contributed by atoms with Crippen molar-refractivity contribution in [3.8, 4) is 0 Å². The third kappa shape index (κ3) is 3.76. The summed E-state index contributed by atoms with van der Waals surface area (Å²) >= 11 is 1.80. The van der Waals surface area contributed by atoms with Crippen LogP contribution >= 0.6 is 11.3 Å². The molecule has 96 valence electrons. The van der Waals surface area contributed by atoms with E-state index in [4.69, 9.17) is 0 Å². The molecule has 0 aromatic carbocycles. The minimum atomic E-state index is 0.764. The Morgan fingerprint density at radius 1 is 1.53 bits per heavy atom. The standard InChI is InChI=1S/C13H23N3S/c1-11-5-3-4-7-16(11)8-6-13-15-12(9-14-2)10-17-13/h10-11,14H,3-9H2,1-2H3. The van der Waals surface area contributed by atoms with Gasteiger partial charge >= 0.3 is 0 Å². The smallest absolute Gasteiger partial charge is 0.0941 e. The molecule has 1 atom stereocenters. The van der Waals surface area contributed by atoms with Crippen molar-refractivity contribution in [1.82, 2.24) is 15.2 Å². The maximum Gasteiger partial charge on any atom is 0.0941 e. The van der Waals surface area contributed by atoms with Crippen molar-refractivity contribution >= 4 is 11.3 Å². The van der Waals surface area contributed by atoms with Crippen LogP contribution in [0.1, 0.15) is 36.9 Å². The largest absolute Gasteiger partial charge is 0.314 e. The molecule has 1 unspecified atom stereocenters. The van der Waals surface area contributed by atoms with E-state index in [1.807, 2.05) is 7.05 Å². The monoisotopic (exact) mass is 253 g/mol. The second-order valence-electron chi connectivity index (χ2n) is 4.89. The Hall–Kier alpha value is -0.450. The van der Waals surface area contributed by atoms with E-state index in [9.17, 15) is 0 Å². The number of hydrogen-bond acceptors (Lipinski definition) is 4. The quantitative estimate of drug-likeness (QED) is 0.872. The van der Waals surface area contributed by atoms with E-state index in [1.165, 1.54) is 43.1 Å². The van der Waals surface area contributed by atoms with Crippen LogP contribution in [-0.4, -0.2) is 36.1 Å². The van der Waals surface area contributed by atoms with Crippen molar-refractivity contribution in [1.29, 1.82) is 0 Å². The Labute approximate surface area is 108 Å². The van der Waals surface area contributed by atoms with Crippen LogP contribution in [0.5, 0.6) is 0 Å². The minimum Gasteiger partial charge on any atom is -0.314 e. The lowest BCUT2D eigenvalue weighted by Crippen LogP contribution is -2.38. The number of aromatic nitrogens is 1. The molecule has 3 nitrogen and oxygen atoms in total. The van der Waals surface area contributed by atoms with Gasteiger partial charge in [-0.1, -0.05) is 6.42 Å². The molecule has 17 heavy (non-hydrogen) atoms. The van der Waals surface area contributed by atoms with Gasteiger partial charge in [-0.2, -0.15) is 0 Å². The molecular formula is C13H23N3S. The van der Waals surface area contributed by atoms with Gasteiger partial charge in [0.25, 0.3) is 0 Å². The van der Waals surface area contributed by atoms with Gasteiger partial charge in [-0.3, -0.25) is 0 Å². The first-order valence-corrected chi connectivity index (χ1v) is 7.49. The lowest BCUT2D eigenvalue weighted by atomic mass is 10.0. The number of hydrogen-bond donors (Lipinski definition) is 1. The molecule has 0 amide bonds. The van der Waals surface area contributed by atoms with Gasteiger partial charge in [0.15, 0.2) is 0 Å². The minimum absolute atomic E-state index is 0.764. The molecule has 1 aromatic rings. The summed E-state index contributed by atoms with van der Waals surface area (Å²) in [6.45, 7) is 5.69. The number of nitrogens with zero attached hydrogens (tertiary/aromatic N) is 2. The van der Waals surface area contributed by atoms with Crippen LogP contribution in [0.2, 0.25) is 0 Å². The Bertz CT molecular complexity index is 337. The van der Waals surface area contributed by atoms with E-state index in [-0.39, 0.29) is 0 Å². The maximum atomic E-state index is 4.64. The normalized spacial score (nSPS) is 21.9. The van der Waals surface area contributed by atoms with Crippen molar-refractivity contribution < 1.29 is 0 Å². The number of thiazole rings is 1. The lowest BCUT2D eigenvalue weighted by Gasteiger charge is -2.32. The van der Waals surface area contributed by atoms with Crippen LogP contribution in [0, 0.1) is 0 Å². The first kappa shape index (κ1) is 13.0. The van der Waals surface area contributed by atoms with E-state index in [2.05, 4.69) is 27.5 Å². The Morgan fingerprint density at radius 3 is 3.18 bits per heavy atom. The molecule has 0 spiro atoms. The summed E-state index contributed by atoms with van der Waals surface area (Å²) in [5, 5.41) is 6.60. The second-order valence-corrected chi connectivity index (χ2v) is 5.84. The van der Waals surface area contributed by atoms with E-state index < -0.39 is 0 Å². The van der Waals surface area contributed by atoms with Gasteiger partial charge in [0.1, 0.15) is 0 Å². The molecule has 0 bridgehead atoms. The highest BCUT2D eigenvalue weighted by atomic mass is 32.1. The molecule has 1 fully saturated rings. The average Bonchev–Trinajstić information content (AvgIpc) is 2.76. The fourth-order valence-electron chi connectivity index (χ4n) is 2.46. The first-order chi connectivity index (χ1) is 8.29. The maximum absolute atomic E-state index is 4.64. The van der Waals surface area contributed by atoms with Crippen LogP contribution in [0.3, 0.4) is 0 Å². The molecule has 4 heteroatoms. The molecule has 1 aliphatic heterocycles. The van der Waals surface area contributed by atoms with Crippen LogP contribution in [0.15, 0.2) is 5.38 Å². The first-order valence-electron chi connectivity index (χ1n) is 6.61. The molecule has 1 aromatic heterocycles. The van der Waals surface area contributed by atoms with Crippen molar-refractivity contribution in [2.45, 2.75) is 45.2 Å². The second kappa shape index (κ2) is 6.47. The van der Waals surface area contributed by atoms with Crippen LogP contribution in [0.25, 0.3) is 0 Å².